The van der Waals surface area contributed by atoms with E-state index in [1.165, 1.54) is 6.92 Å². The maximum absolute atomic E-state index is 11.1. The number of carbonyl (C=O) groups is 1. The molecule has 98 valence electrons. The van der Waals surface area contributed by atoms with E-state index in [1.807, 2.05) is 24.3 Å². The number of aliphatic hydroxyl groups excluding tert-OH is 1. The van der Waals surface area contributed by atoms with Crippen LogP contribution in [0.25, 0.3) is 11.1 Å². The first-order valence-electron chi connectivity index (χ1n) is 6.14. The molecule has 0 fully saturated rings. The first-order chi connectivity index (χ1) is 9.08. The van der Waals surface area contributed by atoms with Gasteiger partial charge in [0.05, 0.1) is 6.10 Å². The lowest BCUT2D eigenvalue weighted by Crippen LogP contribution is -2.04. The largest absolute Gasteiger partial charge is 0.508 e. The number of ketones is 1. The van der Waals surface area contributed by atoms with Gasteiger partial charge in [0.25, 0.3) is 0 Å². The summed E-state index contributed by atoms with van der Waals surface area (Å²) in [7, 11) is 0. The second-order valence-corrected chi connectivity index (χ2v) is 4.56. The molecular formula is C16H16O3. The van der Waals surface area contributed by atoms with E-state index in [2.05, 4.69) is 0 Å². The van der Waals surface area contributed by atoms with Crippen LogP contribution in [-0.4, -0.2) is 16.0 Å². The van der Waals surface area contributed by atoms with Gasteiger partial charge in [-0.05, 0) is 35.7 Å². The molecule has 0 spiro atoms. The molecule has 2 rings (SSSR count). The first-order valence-corrected chi connectivity index (χ1v) is 6.14. The summed E-state index contributed by atoms with van der Waals surface area (Å²) in [6.07, 6.45) is -0.730. The van der Waals surface area contributed by atoms with Crippen molar-refractivity contribution in [3.05, 3.63) is 54.1 Å². The Morgan fingerprint density at radius 2 is 1.89 bits per heavy atom. The van der Waals surface area contributed by atoms with E-state index in [0.29, 0.717) is 5.56 Å². The molecule has 0 aliphatic rings. The minimum Gasteiger partial charge on any atom is -0.508 e. The zero-order chi connectivity index (χ0) is 13.8. The van der Waals surface area contributed by atoms with E-state index in [4.69, 9.17) is 0 Å². The summed E-state index contributed by atoms with van der Waals surface area (Å²) in [5, 5.41) is 19.7. The fourth-order valence-corrected chi connectivity index (χ4v) is 2.11. The molecule has 0 aromatic heterocycles. The molecule has 19 heavy (non-hydrogen) atoms. The molecule has 1 atom stereocenters. The van der Waals surface area contributed by atoms with Crippen molar-refractivity contribution in [3.8, 4) is 16.9 Å². The molecule has 2 N–H and O–H groups in total. The quantitative estimate of drug-likeness (QED) is 0.883. The zero-order valence-corrected chi connectivity index (χ0v) is 10.7. The van der Waals surface area contributed by atoms with Crippen LogP contribution in [0.3, 0.4) is 0 Å². The minimum absolute atomic E-state index is 0.0572. The van der Waals surface area contributed by atoms with Crippen LogP contribution in [-0.2, 0) is 4.79 Å². The van der Waals surface area contributed by atoms with Crippen LogP contribution in [0, 0.1) is 0 Å². The predicted octanol–water partition coefficient (Wildman–Crippen LogP) is 3.07. The highest BCUT2D eigenvalue weighted by atomic mass is 16.3. The van der Waals surface area contributed by atoms with Crippen LogP contribution in [0.2, 0.25) is 0 Å². The molecule has 0 saturated heterocycles. The summed E-state index contributed by atoms with van der Waals surface area (Å²) in [6.45, 7) is 1.46. The molecule has 0 aliphatic carbocycles. The predicted molar refractivity (Wildman–Crippen MR) is 73.8 cm³/mol. The average molecular weight is 256 g/mol. The number of aliphatic hydroxyl groups is 1. The van der Waals surface area contributed by atoms with Gasteiger partial charge >= 0.3 is 0 Å². The van der Waals surface area contributed by atoms with Gasteiger partial charge in [0, 0.05) is 6.42 Å². The van der Waals surface area contributed by atoms with Crippen molar-refractivity contribution in [2.45, 2.75) is 19.4 Å². The van der Waals surface area contributed by atoms with Gasteiger partial charge < -0.3 is 10.2 Å². The van der Waals surface area contributed by atoms with Gasteiger partial charge in [-0.1, -0.05) is 36.4 Å². The van der Waals surface area contributed by atoms with Crippen molar-refractivity contribution in [2.75, 3.05) is 0 Å². The number of Topliss-reactive ketones (excluding diaryl/α,β-unsaturated/α-hetero) is 1. The van der Waals surface area contributed by atoms with Gasteiger partial charge in [-0.3, -0.25) is 4.79 Å². The lowest BCUT2D eigenvalue weighted by Gasteiger charge is -2.14. The summed E-state index contributed by atoms with van der Waals surface area (Å²) in [5.74, 6) is 0.117. The van der Waals surface area contributed by atoms with Crippen LogP contribution in [0.4, 0.5) is 0 Å². The smallest absolute Gasteiger partial charge is 0.132 e. The summed E-state index contributed by atoms with van der Waals surface area (Å²) in [5.41, 5.74) is 2.34. The summed E-state index contributed by atoms with van der Waals surface area (Å²) >= 11 is 0. The highest BCUT2D eigenvalue weighted by Gasteiger charge is 2.15. The maximum atomic E-state index is 11.1. The summed E-state index contributed by atoms with van der Waals surface area (Å²) in [4.78, 5) is 11.1. The number of rotatable bonds is 4. The average Bonchev–Trinajstić information content (AvgIpc) is 2.38. The molecule has 0 bridgehead atoms. The fraction of sp³-hybridized carbons (Fsp3) is 0.188. The van der Waals surface area contributed by atoms with Gasteiger partial charge in [0.2, 0.25) is 0 Å². The molecule has 0 radical (unpaired) electrons. The van der Waals surface area contributed by atoms with Gasteiger partial charge in [0.15, 0.2) is 0 Å². The Kier molecular flexibility index (Phi) is 3.97. The number of carbonyl (C=O) groups excluding carboxylic acids is 1. The second-order valence-electron chi connectivity index (χ2n) is 4.56. The number of benzene rings is 2. The van der Waals surface area contributed by atoms with Crippen LogP contribution in [0.15, 0.2) is 48.5 Å². The molecule has 0 saturated carbocycles. The van der Waals surface area contributed by atoms with E-state index in [1.54, 1.807) is 24.3 Å². The van der Waals surface area contributed by atoms with Crippen LogP contribution >= 0.6 is 0 Å². The highest BCUT2D eigenvalue weighted by molar-refractivity contribution is 5.77. The Labute approximate surface area is 112 Å². The normalized spacial score (nSPS) is 12.1. The number of phenolic OH excluding ortho intramolecular Hbond substituents is 1. The second kappa shape index (κ2) is 5.67. The molecular weight excluding hydrogens is 240 g/mol. The third kappa shape index (κ3) is 3.20. The van der Waals surface area contributed by atoms with Crippen molar-refractivity contribution < 1.29 is 15.0 Å². The van der Waals surface area contributed by atoms with Crippen molar-refractivity contribution in [2.24, 2.45) is 0 Å². The molecule has 2 aromatic rings. The van der Waals surface area contributed by atoms with Crippen molar-refractivity contribution in [3.63, 3.8) is 0 Å². The Hall–Kier alpha value is -2.13. The molecule has 1 unspecified atom stereocenters. The third-order valence-corrected chi connectivity index (χ3v) is 2.96. The van der Waals surface area contributed by atoms with E-state index >= 15 is 0 Å². The molecule has 3 heteroatoms. The van der Waals surface area contributed by atoms with Crippen molar-refractivity contribution in [1.29, 1.82) is 0 Å². The van der Waals surface area contributed by atoms with E-state index in [9.17, 15) is 15.0 Å². The number of hydrogen-bond donors (Lipinski definition) is 2. The SMILES string of the molecule is CC(=O)CC(O)c1ccccc1-c1cccc(O)c1. The Bertz CT molecular complexity index is 590. The lowest BCUT2D eigenvalue weighted by atomic mass is 9.94. The Morgan fingerprint density at radius 3 is 2.58 bits per heavy atom. The van der Waals surface area contributed by atoms with E-state index in [-0.39, 0.29) is 18.0 Å². The monoisotopic (exact) mass is 256 g/mol. The van der Waals surface area contributed by atoms with Gasteiger partial charge in [-0.2, -0.15) is 0 Å². The molecule has 2 aromatic carbocycles. The summed E-state index contributed by atoms with van der Waals surface area (Å²) < 4.78 is 0. The third-order valence-electron chi connectivity index (χ3n) is 2.96. The van der Waals surface area contributed by atoms with Crippen LogP contribution in [0.1, 0.15) is 25.0 Å². The Morgan fingerprint density at radius 1 is 1.16 bits per heavy atom. The number of hydrogen-bond acceptors (Lipinski definition) is 3. The zero-order valence-electron chi connectivity index (χ0n) is 10.7. The fourth-order valence-electron chi connectivity index (χ4n) is 2.11. The van der Waals surface area contributed by atoms with Crippen LogP contribution in [0.5, 0.6) is 5.75 Å². The lowest BCUT2D eigenvalue weighted by molar-refractivity contribution is -0.118. The summed E-state index contributed by atoms with van der Waals surface area (Å²) in [6, 6.07) is 14.2. The van der Waals surface area contributed by atoms with Gasteiger partial charge in [-0.25, -0.2) is 0 Å². The number of phenols is 1. The maximum Gasteiger partial charge on any atom is 0.132 e. The Balaban J connectivity index is 2.44. The molecule has 0 amide bonds. The topological polar surface area (TPSA) is 57.5 Å². The van der Waals surface area contributed by atoms with E-state index < -0.39 is 6.10 Å². The standard InChI is InChI=1S/C16H16O3/c1-11(17)9-16(19)15-8-3-2-7-14(15)12-5-4-6-13(18)10-12/h2-8,10,16,18-19H,9H2,1H3. The molecule has 0 aliphatic heterocycles. The van der Waals surface area contributed by atoms with E-state index in [0.717, 1.165) is 11.1 Å². The minimum atomic E-state index is -0.823. The van der Waals surface area contributed by atoms with Gasteiger partial charge in [-0.15, -0.1) is 0 Å². The molecule has 3 nitrogen and oxygen atoms in total. The molecule has 0 heterocycles. The van der Waals surface area contributed by atoms with Crippen molar-refractivity contribution in [1.82, 2.24) is 0 Å². The van der Waals surface area contributed by atoms with Crippen molar-refractivity contribution >= 4 is 5.78 Å². The number of aromatic hydroxyl groups is 1. The van der Waals surface area contributed by atoms with Crippen LogP contribution < -0.4 is 0 Å². The first kappa shape index (κ1) is 13.3. The van der Waals surface area contributed by atoms with Gasteiger partial charge in [0.1, 0.15) is 11.5 Å². The highest BCUT2D eigenvalue weighted by Crippen LogP contribution is 2.31.